The Balaban J connectivity index is 0.00000312. The van der Waals surface area contributed by atoms with Crippen molar-refractivity contribution >= 4 is 41.3 Å². The molecule has 25 heavy (non-hydrogen) atoms. The van der Waals surface area contributed by atoms with E-state index in [4.69, 9.17) is 22.1 Å². The van der Waals surface area contributed by atoms with Gasteiger partial charge in [0.25, 0.3) is 0 Å². The predicted octanol–water partition coefficient (Wildman–Crippen LogP) is 3.73. The highest BCUT2D eigenvalue weighted by molar-refractivity contribution is 7.15. The van der Waals surface area contributed by atoms with Crippen LogP contribution in [0.2, 0.25) is 5.02 Å². The number of thiazole rings is 1. The van der Waals surface area contributed by atoms with E-state index in [1.54, 1.807) is 18.4 Å². The van der Waals surface area contributed by atoms with Gasteiger partial charge in [-0.15, -0.1) is 23.7 Å². The molecule has 5 nitrogen and oxygen atoms in total. The van der Waals surface area contributed by atoms with E-state index in [2.05, 4.69) is 10.3 Å². The molecule has 0 fully saturated rings. The zero-order valence-electron chi connectivity index (χ0n) is 14.4. The van der Waals surface area contributed by atoms with Crippen LogP contribution in [0.4, 0.5) is 0 Å². The third kappa shape index (κ3) is 5.94. The van der Waals surface area contributed by atoms with E-state index >= 15 is 0 Å². The highest BCUT2D eigenvalue weighted by Crippen LogP contribution is 2.32. The molecule has 0 saturated carbocycles. The fourth-order valence-electron chi connectivity index (χ4n) is 2.36. The number of nitrogens with zero attached hydrogens (tertiary/aromatic N) is 1. The average molecular weight is 404 g/mol. The van der Waals surface area contributed by atoms with Gasteiger partial charge in [0.1, 0.15) is 5.01 Å². The number of carbonyl (C=O) groups is 1. The molecule has 8 heteroatoms. The molecule has 0 radical (unpaired) electrons. The van der Waals surface area contributed by atoms with Gasteiger partial charge in [0.2, 0.25) is 5.91 Å². The quantitative estimate of drug-likeness (QED) is 0.737. The van der Waals surface area contributed by atoms with Crippen LogP contribution in [0.25, 0.3) is 10.6 Å². The lowest BCUT2D eigenvalue weighted by molar-refractivity contribution is -0.124. The molecule has 0 aliphatic heterocycles. The number of rotatable bonds is 7. The van der Waals surface area contributed by atoms with Crippen molar-refractivity contribution in [2.75, 3.05) is 13.7 Å². The largest absolute Gasteiger partial charge is 0.380 e. The summed E-state index contributed by atoms with van der Waals surface area (Å²) in [7, 11) is 1.56. The van der Waals surface area contributed by atoms with Gasteiger partial charge in [0.15, 0.2) is 0 Å². The number of carbonyl (C=O) groups excluding carboxylic acids is 1. The minimum atomic E-state index is -0.260. The molecule has 0 aliphatic carbocycles. The molecule has 0 bridgehead atoms. The summed E-state index contributed by atoms with van der Waals surface area (Å²) in [6.45, 7) is 4.22. The molecule has 2 aromatic rings. The van der Waals surface area contributed by atoms with Crippen LogP contribution in [-0.2, 0) is 9.53 Å². The molecule has 0 spiro atoms. The Hall–Kier alpha value is -1.18. The van der Waals surface area contributed by atoms with Crippen LogP contribution < -0.4 is 11.1 Å². The summed E-state index contributed by atoms with van der Waals surface area (Å²) < 4.78 is 5.15. The van der Waals surface area contributed by atoms with Gasteiger partial charge in [0.05, 0.1) is 29.1 Å². The Kier molecular flexibility index (Phi) is 8.82. The number of benzene rings is 1. The van der Waals surface area contributed by atoms with Crippen LogP contribution in [0.15, 0.2) is 24.3 Å². The van der Waals surface area contributed by atoms with E-state index in [1.165, 1.54) is 0 Å². The second-order valence-corrected chi connectivity index (χ2v) is 7.03. The van der Waals surface area contributed by atoms with Gasteiger partial charge in [0, 0.05) is 24.2 Å². The van der Waals surface area contributed by atoms with Crippen LogP contribution in [0.1, 0.15) is 30.0 Å². The topological polar surface area (TPSA) is 77.2 Å². The molecule has 3 N–H and O–H groups in total. The molecule has 1 amide bonds. The zero-order chi connectivity index (χ0) is 17.7. The molecule has 2 unspecified atom stereocenters. The number of methoxy groups -OCH3 is 1. The van der Waals surface area contributed by atoms with Crippen LogP contribution in [0.3, 0.4) is 0 Å². The number of aryl methyl sites for hydroxylation is 1. The summed E-state index contributed by atoms with van der Waals surface area (Å²) >= 11 is 7.50. The van der Waals surface area contributed by atoms with Gasteiger partial charge < -0.3 is 15.8 Å². The molecule has 1 heterocycles. The van der Waals surface area contributed by atoms with E-state index in [-0.39, 0.29) is 36.9 Å². The summed E-state index contributed by atoms with van der Waals surface area (Å²) in [5.41, 5.74) is 7.48. The first-order valence-corrected chi connectivity index (χ1v) is 8.89. The van der Waals surface area contributed by atoms with E-state index < -0.39 is 0 Å². The lowest BCUT2D eigenvalue weighted by Gasteiger charge is -2.16. The summed E-state index contributed by atoms with van der Waals surface area (Å²) in [4.78, 5) is 17.8. The van der Waals surface area contributed by atoms with Crippen LogP contribution in [0, 0.1) is 6.92 Å². The molecular formula is C17H23Cl2N3O2S. The van der Waals surface area contributed by atoms with Crippen molar-refractivity contribution in [2.24, 2.45) is 5.73 Å². The van der Waals surface area contributed by atoms with Gasteiger partial charge in [-0.05, 0) is 26.0 Å². The highest BCUT2D eigenvalue weighted by atomic mass is 35.5. The molecule has 138 valence electrons. The number of amides is 1. The number of nitrogens with two attached hydrogens (primary N) is 1. The van der Waals surface area contributed by atoms with Gasteiger partial charge in [-0.1, -0.05) is 23.7 Å². The monoisotopic (exact) mass is 403 g/mol. The standard InChI is InChI=1S/C17H22ClN3O2S.ClH/c1-10(20-15(22)8-14(9-19)23-3)16-11(2)21-17(24-16)12-4-6-13(18)7-5-12;/h4-7,10,14H,8-9,19H2,1-3H3,(H,20,22);1H. The Bertz CT molecular complexity index is 688. The number of halogens is 2. The number of nitrogens with one attached hydrogen (secondary N) is 1. The number of hydrogen-bond acceptors (Lipinski definition) is 5. The highest BCUT2D eigenvalue weighted by Gasteiger charge is 2.19. The van der Waals surface area contributed by atoms with Crippen LogP contribution >= 0.6 is 35.3 Å². The Morgan fingerprint density at radius 2 is 2.04 bits per heavy atom. The summed E-state index contributed by atoms with van der Waals surface area (Å²) in [5.74, 6) is -0.0827. The maximum absolute atomic E-state index is 12.1. The Labute approximate surface area is 163 Å². The van der Waals surface area contributed by atoms with Gasteiger partial charge in [-0.3, -0.25) is 4.79 Å². The predicted molar refractivity (Wildman–Crippen MR) is 106 cm³/mol. The third-order valence-electron chi connectivity index (χ3n) is 3.70. The maximum Gasteiger partial charge on any atom is 0.223 e. The first-order valence-electron chi connectivity index (χ1n) is 7.70. The minimum Gasteiger partial charge on any atom is -0.380 e. The first kappa shape index (κ1) is 21.9. The summed E-state index contributed by atoms with van der Waals surface area (Å²) in [6.07, 6.45) is -0.0106. The third-order valence-corrected chi connectivity index (χ3v) is 5.34. The van der Waals surface area contributed by atoms with Gasteiger partial charge in [-0.2, -0.15) is 0 Å². The number of hydrogen-bond donors (Lipinski definition) is 2. The van der Waals surface area contributed by atoms with E-state index in [1.807, 2.05) is 38.1 Å². The fourth-order valence-corrected chi connectivity index (χ4v) is 3.56. The van der Waals surface area contributed by atoms with Gasteiger partial charge in [-0.25, -0.2) is 4.98 Å². The Morgan fingerprint density at radius 1 is 1.40 bits per heavy atom. The minimum absolute atomic E-state index is 0. The molecule has 1 aromatic heterocycles. The lowest BCUT2D eigenvalue weighted by atomic mass is 10.2. The van der Waals surface area contributed by atoms with Crippen molar-refractivity contribution in [1.82, 2.24) is 10.3 Å². The summed E-state index contributed by atoms with van der Waals surface area (Å²) in [5, 5.41) is 4.59. The van der Waals surface area contributed by atoms with Crippen molar-refractivity contribution in [3.63, 3.8) is 0 Å². The van der Waals surface area contributed by atoms with Crippen molar-refractivity contribution < 1.29 is 9.53 Å². The second kappa shape index (κ2) is 10.1. The average Bonchev–Trinajstić information content (AvgIpc) is 2.95. The normalized spacial score (nSPS) is 13.0. The Morgan fingerprint density at radius 3 is 2.60 bits per heavy atom. The zero-order valence-corrected chi connectivity index (χ0v) is 16.8. The first-order chi connectivity index (χ1) is 11.4. The maximum atomic E-state index is 12.1. The summed E-state index contributed by atoms with van der Waals surface area (Å²) in [6, 6.07) is 7.45. The molecule has 1 aromatic carbocycles. The molecular weight excluding hydrogens is 381 g/mol. The lowest BCUT2D eigenvalue weighted by Crippen LogP contribution is -2.33. The van der Waals surface area contributed by atoms with Crippen molar-refractivity contribution in [1.29, 1.82) is 0 Å². The molecule has 2 atom stereocenters. The van der Waals surface area contributed by atoms with Gasteiger partial charge >= 0.3 is 0 Å². The fraction of sp³-hybridized carbons (Fsp3) is 0.412. The van der Waals surface area contributed by atoms with Crippen LogP contribution in [0.5, 0.6) is 0 Å². The van der Waals surface area contributed by atoms with E-state index in [0.717, 1.165) is 21.1 Å². The molecule has 0 aliphatic rings. The van der Waals surface area contributed by atoms with Crippen molar-refractivity contribution in [3.8, 4) is 10.6 Å². The smallest absolute Gasteiger partial charge is 0.223 e. The second-order valence-electron chi connectivity index (χ2n) is 5.56. The molecule has 2 rings (SSSR count). The van der Waals surface area contributed by atoms with Crippen LogP contribution in [-0.4, -0.2) is 30.6 Å². The van der Waals surface area contributed by atoms with Crippen molar-refractivity contribution in [2.45, 2.75) is 32.4 Å². The SMILES string of the molecule is COC(CN)CC(=O)NC(C)c1sc(-c2ccc(Cl)cc2)nc1C.Cl. The van der Waals surface area contributed by atoms with E-state index in [0.29, 0.717) is 11.6 Å². The molecule has 0 saturated heterocycles. The van der Waals surface area contributed by atoms with E-state index in [9.17, 15) is 4.79 Å². The van der Waals surface area contributed by atoms with Crippen molar-refractivity contribution in [3.05, 3.63) is 39.9 Å². The number of aromatic nitrogens is 1. The number of ether oxygens (including phenoxy) is 1.